The van der Waals surface area contributed by atoms with E-state index in [4.69, 9.17) is 4.42 Å². The largest absolute Gasteiger partial charge is 0.465 e. The van der Waals surface area contributed by atoms with Gasteiger partial charge in [-0.25, -0.2) is 0 Å². The number of hydrogen-bond donors (Lipinski definition) is 1. The molecule has 3 rings (SSSR count). The Labute approximate surface area is 150 Å². The molecule has 1 aliphatic heterocycles. The van der Waals surface area contributed by atoms with Gasteiger partial charge in [0, 0.05) is 12.1 Å². The molecule has 0 saturated carbocycles. The van der Waals surface area contributed by atoms with E-state index in [1.54, 1.807) is 0 Å². The van der Waals surface area contributed by atoms with Crippen molar-refractivity contribution in [2.24, 2.45) is 5.92 Å². The number of furan rings is 1. The second kappa shape index (κ2) is 7.87. The maximum absolute atomic E-state index is 12.5. The smallest absolute Gasteiger partial charge is 0.251 e. The van der Waals surface area contributed by atoms with Gasteiger partial charge in [-0.15, -0.1) is 0 Å². The molecule has 0 unspecified atom stereocenters. The van der Waals surface area contributed by atoms with Crippen LogP contribution >= 0.6 is 0 Å². The van der Waals surface area contributed by atoms with Crippen molar-refractivity contribution in [1.29, 1.82) is 0 Å². The van der Waals surface area contributed by atoms with E-state index in [-0.39, 0.29) is 11.9 Å². The summed E-state index contributed by atoms with van der Waals surface area (Å²) in [5.41, 5.74) is 1.86. The molecule has 1 amide bonds. The normalized spacial score (nSPS) is 17.4. The third-order valence-electron chi connectivity index (χ3n) is 5.12. The molecule has 4 heteroatoms. The Bertz CT molecular complexity index is 697. The molecule has 0 bridgehead atoms. The molecule has 2 heterocycles. The summed E-state index contributed by atoms with van der Waals surface area (Å²) in [5.74, 6) is 2.60. The fourth-order valence-electron chi connectivity index (χ4n) is 3.38. The Morgan fingerprint density at radius 3 is 2.44 bits per heavy atom. The number of piperidine rings is 1. The van der Waals surface area contributed by atoms with Crippen LogP contribution in [-0.4, -0.2) is 30.4 Å². The monoisotopic (exact) mass is 340 g/mol. The predicted molar refractivity (Wildman–Crippen MR) is 99.7 cm³/mol. The SMILES string of the molecule is Cc1ccc(C(=O)NC[C@H](c2ccc(C)o2)N2CCC(C)CC2)cc1. The number of nitrogens with one attached hydrogen (secondary N) is 1. The standard InChI is InChI=1S/C21H28N2O2/c1-15-4-7-18(8-5-15)21(24)22-14-19(20-9-6-17(3)25-20)23-12-10-16(2)11-13-23/h4-9,16,19H,10-14H2,1-3H3,(H,22,24)/t19-/m1/s1. The summed E-state index contributed by atoms with van der Waals surface area (Å²) < 4.78 is 5.89. The second-order valence-electron chi connectivity index (χ2n) is 7.26. The van der Waals surface area contributed by atoms with Crippen molar-refractivity contribution in [2.75, 3.05) is 19.6 Å². The molecule has 2 aromatic rings. The Kier molecular flexibility index (Phi) is 5.59. The average Bonchev–Trinajstić information content (AvgIpc) is 3.03. The van der Waals surface area contributed by atoms with Crippen LogP contribution in [0.5, 0.6) is 0 Å². The summed E-state index contributed by atoms with van der Waals surface area (Å²) >= 11 is 0. The van der Waals surface area contributed by atoms with Crippen LogP contribution in [0.3, 0.4) is 0 Å². The van der Waals surface area contributed by atoms with Crippen molar-refractivity contribution in [3.05, 3.63) is 59.0 Å². The van der Waals surface area contributed by atoms with Crippen LogP contribution in [0, 0.1) is 19.8 Å². The number of aryl methyl sites for hydroxylation is 2. The van der Waals surface area contributed by atoms with Crippen LogP contribution < -0.4 is 5.32 Å². The fourth-order valence-corrected chi connectivity index (χ4v) is 3.38. The lowest BCUT2D eigenvalue weighted by atomic mass is 9.97. The highest BCUT2D eigenvalue weighted by Gasteiger charge is 2.27. The van der Waals surface area contributed by atoms with Gasteiger partial charge in [-0.2, -0.15) is 0 Å². The van der Waals surface area contributed by atoms with Crippen molar-refractivity contribution in [2.45, 2.75) is 39.7 Å². The first-order chi connectivity index (χ1) is 12.0. The molecule has 0 aliphatic carbocycles. The lowest BCUT2D eigenvalue weighted by Crippen LogP contribution is -2.41. The molecule has 4 nitrogen and oxygen atoms in total. The number of benzene rings is 1. The molecule has 25 heavy (non-hydrogen) atoms. The minimum Gasteiger partial charge on any atom is -0.465 e. The topological polar surface area (TPSA) is 45.5 Å². The van der Waals surface area contributed by atoms with Crippen molar-refractivity contribution >= 4 is 5.91 Å². The molecule has 134 valence electrons. The first-order valence-electron chi connectivity index (χ1n) is 9.18. The van der Waals surface area contributed by atoms with Gasteiger partial charge in [0.15, 0.2) is 0 Å². The van der Waals surface area contributed by atoms with Gasteiger partial charge in [0.2, 0.25) is 0 Å². The van der Waals surface area contributed by atoms with Gasteiger partial charge in [0.1, 0.15) is 11.5 Å². The molecule has 1 N–H and O–H groups in total. The third-order valence-corrected chi connectivity index (χ3v) is 5.12. The fraction of sp³-hybridized carbons (Fsp3) is 0.476. The molecular formula is C21H28N2O2. The van der Waals surface area contributed by atoms with Gasteiger partial charge in [-0.3, -0.25) is 9.69 Å². The summed E-state index contributed by atoms with van der Waals surface area (Å²) in [6.07, 6.45) is 2.39. The van der Waals surface area contributed by atoms with Gasteiger partial charge in [0.25, 0.3) is 5.91 Å². The Morgan fingerprint density at radius 1 is 1.16 bits per heavy atom. The number of hydrogen-bond acceptors (Lipinski definition) is 3. The minimum atomic E-state index is -0.0290. The maximum atomic E-state index is 12.5. The molecular weight excluding hydrogens is 312 g/mol. The van der Waals surface area contributed by atoms with E-state index in [1.807, 2.05) is 50.2 Å². The van der Waals surface area contributed by atoms with Gasteiger partial charge in [0.05, 0.1) is 6.04 Å². The quantitative estimate of drug-likeness (QED) is 0.891. The van der Waals surface area contributed by atoms with Crippen LogP contribution in [0.2, 0.25) is 0 Å². The maximum Gasteiger partial charge on any atom is 0.251 e. The van der Waals surface area contributed by atoms with E-state index in [1.165, 1.54) is 12.8 Å². The molecule has 1 saturated heterocycles. The van der Waals surface area contributed by atoms with Gasteiger partial charge < -0.3 is 9.73 Å². The van der Waals surface area contributed by atoms with Crippen molar-refractivity contribution in [3.8, 4) is 0 Å². The number of nitrogens with zero attached hydrogens (tertiary/aromatic N) is 1. The summed E-state index contributed by atoms with van der Waals surface area (Å²) in [7, 11) is 0. The summed E-state index contributed by atoms with van der Waals surface area (Å²) in [4.78, 5) is 14.9. The molecule has 0 spiro atoms. The molecule has 0 radical (unpaired) electrons. The van der Waals surface area contributed by atoms with Gasteiger partial charge in [-0.05, 0) is 70.0 Å². The van der Waals surface area contributed by atoms with E-state index in [2.05, 4.69) is 17.1 Å². The summed E-state index contributed by atoms with van der Waals surface area (Å²) in [6.45, 7) is 8.95. The van der Waals surface area contributed by atoms with E-state index in [0.29, 0.717) is 12.1 Å². The minimum absolute atomic E-state index is 0.0290. The number of rotatable bonds is 5. The number of amides is 1. The Morgan fingerprint density at radius 2 is 1.84 bits per heavy atom. The Balaban J connectivity index is 1.69. The lowest BCUT2D eigenvalue weighted by molar-refractivity contribution is 0.0895. The highest BCUT2D eigenvalue weighted by atomic mass is 16.3. The van der Waals surface area contributed by atoms with E-state index in [0.717, 1.165) is 36.1 Å². The summed E-state index contributed by atoms with van der Waals surface area (Å²) in [5, 5.41) is 3.09. The highest BCUT2D eigenvalue weighted by Crippen LogP contribution is 2.27. The average molecular weight is 340 g/mol. The second-order valence-corrected chi connectivity index (χ2v) is 7.26. The van der Waals surface area contributed by atoms with E-state index in [9.17, 15) is 4.79 Å². The van der Waals surface area contributed by atoms with Crippen LogP contribution in [0.15, 0.2) is 40.8 Å². The van der Waals surface area contributed by atoms with Gasteiger partial charge >= 0.3 is 0 Å². The number of likely N-dealkylation sites (tertiary alicyclic amines) is 1. The van der Waals surface area contributed by atoms with Crippen molar-refractivity contribution in [1.82, 2.24) is 10.2 Å². The zero-order valence-corrected chi connectivity index (χ0v) is 15.4. The summed E-state index contributed by atoms with van der Waals surface area (Å²) in [6, 6.07) is 11.8. The molecule has 1 aliphatic rings. The van der Waals surface area contributed by atoms with E-state index >= 15 is 0 Å². The zero-order valence-electron chi connectivity index (χ0n) is 15.4. The zero-order chi connectivity index (χ0) is 17.8. The third kappa shape index (κ3) is 4.51. The van der Waals surface area contributed by atoms with Crippen LogP contribution in [0.4, 0.5) is 0 Å². The molecule has 1 fully saturated rings. The highest BCUT2D eigenvalue weighted by molar-refractivity contribution is 5.94. The van der Waals surface area contributed by atoms with Crippen molar-refractivity contribution < 1.29 is 9.21 Å². The van der Waals surface area contributed by atoms with Crippen LogP contribution in [-0.2, 0) is 0 Å². The first-order valence-corrected chi connectivity index (χ1v) is 9.18. The lowest BCUT2D eigenvalue weighted by Gasteiger charge is -2.35. The number of carbonyl (C=O) groups excluding carboxylic acids is 1. The first kappa shape index (κ1) is 17.7. The van der Waals surface area contributed by atoms with Crippen LogP contribution in [0.25, 0.3) is 0 Å². The Hall–Kier alpha value is -2.07. The van der Waals surface area contributed by atoms with Crippen LogP contribution in [0.1, 0.15) is 53.2 Å². The van der Waals surface area contributed by atoms with E-state index < -0.39 is 0 Å². The van der Waals surface area contributed by atoms with Crippen molar-refractivity contribution in [3.63, 3.8) is 0 Å². The molecule has 1 aromatic heterocycles. The predicted octanol–water partition coefficient (Wildman–Crippen LogP) is 4.10. The van der Waals surface area contributed by atoms with Gasteiger partial charge in [-0.1, -0.05) is 24.6 Å². The number of carbonyl (C=O) groups is 1. The molecule has 1 aromatic carbocycles. The molecule has 1 atom stereocenters.